The summed E-state index contributed by atoms with van der Waals surface area (Å²) in [6.45, 7) is 4.54. The number of carbonyl (C=O) groups excluding carboxylic acids is 1. The number of piperazine rings is 1. The van der Waals surface area contributed by atoms with Crippen LogP contribution in [0.25, 0.3) is 0 Å². The lowest BCUT2D eigenvalue weighted by atomic mass is 10.1. The van der Waals surface area contributed by atoms with Crippen molar-refractivity contribution < 1.29 is 9.18 Å². The zero-order valence-corrected chi connectivity index (χ0v) is 13.4. The molecule has 0 bridgehead atoms. The Balaban J connectivity index is 2.02. The van der Waals surface area contributed by atoms with E-state index in [4.69, 9.17) is 5.26 Å². The lowest BCUT2D eigenvalue weighted by Gasteiger charge is -2.36. The van der Waals surface area contributed by atoms with Gasteiger partial charge in [0.1, 0.15) is 5.82 Å². The number of carbonyl (C=O) groups is 1. The van der Waals surface area contributed by atoms with Crippen LogP contribution in [0.1, 0.15) is 23.7 Å². The SMILES string of the molecule is CCC(C#N)N1CCN(C(=O)c2ccc(F)cc2Br)CC1. The van der Waals surface area contributed by atoms with Crippen molar-refractivity contribution in [1.82, 2.24) is 9.80 Å². The third kappa shape index (κ3) is 3.60. The third-order valence-corrected chi connectivity index (χ3v) is 4.40. The van der Waals surface area contributed by atoms with E-state index < -0.39 is 0 Å². The first kappa shape index (κ1) is 15.9. The van der Waals surface area contributed by atoms with Crippen molar-refractivity contribution in [2.75, 3.05) is 26.2 Å². The highest BCUT2D eigenvalue weighted by Crippen LogP contribution is 2.21. The Morgan fingerprint density at radius 1 is 1.43 bits per heavy atom. The second-order valence-electron chi connectivity index (χ2n) is 5.01. The summed E-state index contributed by atoms with van der Waals surface area (Å²) in [7, 11) is 0. The Bertz CT molecular complexity index is 565. The van der Waals surface area contributed by atoms with Gasteiger partial charge in [-0.15, -0.1) is 0 Å². The molecule has 1 aromatic rings. The summed E-state index contributed by atoms with van der Waals surface area (Å²) < 4.78 is 13.5. The standard InChI is InChI=1S/C15H17BrFN3O/c1-2-12(10-18)19-5-7-20(8-6-19)15(21)13-4-3-11(17)9-14(13)16/h3-4,9,12H,2,5-8H2,1H3. The van der Waals surface area contributed by atoms with Crippen LogP contribution in [-0.2, 0) is 0 Å². The summed E-state index contributed by atoms with van der Waals surface area (Å²) >= 11 is 3.23. The number of benzene rings is 1. The van der Waals surface area contributed by atoms with Gasteiger partial charge in [-0.25, -0.2) is 4.39 Å². The summed E-state index contributed by atoms with van der Waals surface area (Å²) in [5.74, 6) is -0.477. The van der Waals surface area contributed by atoms with E-state index >= 15 is 0 Å². The molecule has 1 aromatic carbocycles. The smallest absolute Gasteiger partial charge is 0.255 e. The maximum atomic E-state index is 13.1. The number of rotatable bonds is 3. The third-order valence-electron chi connectivity index (χ3n) is 3.74. The van der Waals surface area contributed by atoms with Crippen LogP contribution in [0.15, 0.2) is 22.7 Å². The molecule has 0 spiro atoms. The minimum atomic E-state index is -0.372. The summed E-state index contributed by atoms with van der Waals surface area (Å²) in [6.07, 6.45) is 0.786. The van der Waals surface area contributed by atoms with E-state index in [0.717, 1.165) is 6.42 Å². The molecule has 1 heterocycles. The summed E-state index contributed by atoms with van der Waals surface area (Å²) in [5, 5.41) is 9.08. The molecule has 21 heavy (non-hydrogen) atoms. The van der Waals surface area contributed by atoms with Crippen molar-refractivity contribution >= 4 is 21.8 Å². The normalized spacial score (nSPS) is 17.3. The van der Waals surface area contributed by atoms with E-state index in [2.05, 4.69) is 26.9 Å². The van der Waals surface area contributed by atoms with Crippen molar-refractivity contribution in [3.05, 3.63) is 34.1 Å². The second-order valence-corrected chi connectivity index (χ2v) is 5.86. The summed E-state index contributed by atoms with van der Waals surface area (Å²) in [6, 6.07) is 6.29. The molecule has 1 aliphatic rings. The molecule has 1 saturated heterocycles. The van der Waals surface area contributed by atoms with Crippen molar-refractivity contribution in [1.29, 1.82) is 5.26 Å². The van der Waals surface area contributed by atoms with Crippen LogP contribution in [0, 0.1) is 17.1 Å². The highest BCUT2D eigenvalue weighted by molar-refractivity contribution is 9.10. The molecule has 0 radical (unpaired) electrons. The van der Waals surface area contributed by atoms with Gasteiger partial charge in [-0.05, 0) is 40.5 Å². The van der Waals surface area contributed by atoms with Crippen molar-refractivity contribution in [3.8, 4) is 6.07 Å². The van der Waals surface area contributed by atoms with E-state index in [1.54, 1.807) is 4.90 Å². The molecule has 0 N–H and O–H groups in total. The van der Waals surface area contributed by atoms with Gasteiger partial charge in [-0.2, -0.15) is 5.26 Å². The van der Waals surface area contributed by atoms with Gasteiger partial charge in [0.05, 0.1) is 17.7 Å². The molecular weight excluding hydrogens is 337 g/mol. The van der Waals surface area contributed by atoms with Crippen LogP contribution >= 0.6 is 15.9 Å². The minimum absolute atomic E-state index is 0.0835. The van der Waals surface area contributed by atoms with Crippen LogP contribution in [-0.4, -0.2) is 47.9 Å². The molecule has 0 aliphatic carbocycles. The number of hydrogen-bond donors (Lipinski definition) is 0. The molecule has 1 amide bonds. The summed E-state index contributed by atoms with van der Waals surface area (Å²) in [5.41, 5.74) is 0.470. The van der Waals surface area contributed by atoms with Crippen molar-refractivity contribution in [2.24, 2.45) is 0 Å². The number of amides is 1. The van der Waals surface area contributed by atoms with Crippen LogP contribution in [0.3, 0.4) is 0 Å². The molecule has 0 saturated carbocycles. The zero-order valence-electron chi connectivity index (χ0n) is 11.9. The average Bonchev–Trinajstić information content (AvgIpc) is 2.48. The van der Waals surface area contributed by atoms with E-state index in [9.17, 15) is 9.18 Å². The van der Waals surface area contributed by atoms with E-state index in [-0.39, 0.29) is 17.8 Å². The number of halogens is 2. The van der Waals surface area contributed by atoms with Gasteiger partial charge in [-0.3, -0.25) is 9.69 Å². The first-order valence-corrected chi connectivity index (χ1v) is 7.74. The molecule has 4 nitrogen and oxygen atoms in total. The second kappa shape index (κ2) is 7.01. The van der Waals surface area contributed by atoms with E-state index in [1.165, 1.54) is 18.2 Å². The predicted octanol–water partition coefficient (Wildman–Crippen LogP) is 2.65. The fourth-order valence-electron chi connectivity index (χ4n) is 2.50. The lowest BCUT2D eigenvalue weighted by Crippen LogP contribution is -2.51. The van der Waals surface area contributed by atoms with Crippen molar-refractivity contribution in [2.45, 2.75) is 19.4 Å². The number of nitrogens with zero attached hydrogens (tertiary/aromatic N) is 3. The molecule has 1 aliphatic heterocycles. The topological polar surface area (TPSA) is 47.3 Å². The maximum Gasteiger partial charge on any atom is 0.255 e. The van der Waals surface area contributed by atoms with E-state index in [0.29, 0.717) is 36.2 Å². The molecule has 1 atom stereocenters. The molecule has 0 aromatic heterocycles. The van der Waals surface area contributed by atoms with Gasteiger partial charge in [0.15, 0.2) is 0 Å². The zero-order chi connectivity index (χ0) is 15.4. The highest BCUT2D eigenvalue weighted by Gasteiger charge is 2.26. The molecule has 1 fully saturated rings. The van der Waals surface area contributed by atoms with Crippen LogP contribution < -0.4 is 0 Å². The maximum absolute atomic E-state index is 13.1. The average molecular weight is 354 g/mol. The van der Waals surface area contributed by atoms with Crippen LogP contribution in [0.5, 0.6) is 0 Å². The number of hydrogen-bond acceptors (Lipinski definition) is 3. The molecule has 112 valence electrons. The Morgan fingerprint density at radius 2 is 2.10 bits per heavy atom. The van der Waals surface area contributed by atoms with Crippen LogP contribution in [0.2, 0.25) is 0 Å². The minimum Gasteiger partial charge on any atom is -0.336 e. The lowest BCUT2D eigenvalue weighted by molar-refractivity contribution is 0.0603. The monoisotopic (exact) mass is 353 g/mol. The molecule has 6 heteroatoms. The Kier molecular flexibility index (Phi) is 5.32. The molecule has 2 rings (SSSR count). The quantitative estimate of drug-likeness (QED) is 0.839. The fourth-order valence-corrected chi connectivity index (χ4v) is 3.02. The molecule has 1 unspecified atom stereocenters. The van der Waals surface area contributed by atoms with Gasteiger partial charge in [0.25, 0.3) is 5.91 Å². The van der Waals surface area contributed by atoms with Gasteiger partial charge >= 0.3 is 0 Å². The highest BCUT2D eigenvalue weighted by atomic mass is 79.9. The predicted molar refractivity (Wildman–Crippen MR) is 81.3 cm³/mol. The van der Waals surface area contributed by atoms with Crippen molar-refractivity contribution in [3.63, 3.8) is 0 Å². The largest absolute Gasteiger partial charge is 0.336 e. The number of nitriles is 1. The first-order valence-electron chi connectivity index (χ1n) is 6.94. The van der Waals surface area contributed by atoms with Gasteiger partial charge in [0.2, 0.25) is 0 Å². The Morgan fingerprint density at radius 3 is 2.62 bits per heavy atom. The Hall–Kier alpha value is -1.45. The summed E-state index contributed by atoms with van der Waals surface area (Å²) in [4.78, 5) is 16.3. The Labute approximate surface area is 132 Å². The van der Waals surface area contributed by atoms with Crippen LogP contribution in [0.4, 0.5) is 4.39 Å². The van der Waals surface area contributed by atoms with Gasteiger partial charge in [0, 0.05) is 30.7 Å². The fraction of sp³-hybridized carbons (Fsp3) is 0.467. The van der Waals surface area contributed by atoms with Gasteiger partial charge < -0.3 is 4.90 Å². The first-order chi connectivity index (χ1) is 10.1. The molecular formula is C15H17BrFN3O. The van der Waals surface area contributed by atoms with Gasteiger partial charge in [-0.1, -0.05) is 6.92 Å². The van der Waals surface area contributed by atoms with E-state index in [1.807, 2.05) is 6.92 Å².